The van der Waals surface area contributed by atoms with Gasteiger partial charge in [0.2, 0.25) is 11.8 Å². The predicted molar refractivity (Wildman–Crippen MR) is 159 cm³/mol. The van der Waals surface area contributed by atoms with Gasteiger partial charge in [0, 0.05) is 30.3 Å². The van der Waals surface area contributed by atoms with Crippen LogP contribution in [0.5, 0.6) is 5.75 Å². The van der Waals surface area contributed by atoms with Crippen molar-refractivity contribution in [3.05, 3.63) is 30.0 Å². The van der Waals surface area contributed by atoms with Crippen LogP contribution in [0, 0.1) is 11.8 Å². The third kappa shape index (κ3) is 8.14. The molecule has 3 amide bonds. The second-order valence-corrected chi connectivity index (χ2v) is 11.7. The lowest BCUT2D eigenvalue weighted by atomic mass is 9.90. The van der Waals surface area contributed by atoms with Crippen molar-refractivity contribution >= 4 is 40.4 Å². The van der Waals surface area contributed by atoms with Crippen molar-refractivity contribution in [2.24, 2.45) is 11.8 Å². The Hall–Kier alpha value is -3.97. The molecule has 13 heteroatoms. The Bertz CT molecular complexity index is 1370. The molecular formula is C31H42N4O9. The number of fused-ring (bicyclic) bond motifs is 1. The average Bonchev–Trinajstić information content (AvgIpc) is 3.45. The van der Waals surface area contributed by atoms with Crippen LogP contribution in [0.1, 0.15) is 63.4 Å². The number of Topliss-reactive ketones (excluding diaryl/α,β-unsaturated/α-hetero) is 1. The molecule has 0 aliphatic carbocycles. The number of H-pyrrole nitrogens is 1. The number of methoxy groups -OCH3 is 1. The van der Waals surface area contributed by atoms with Gasteiger partial charge in [0.25, 0.3) is 11.7 Å². The molecular weight excluding hydrogens is 572 g/mol. The van der Waals surface area contributed by atoms with Gasteiger partial charge in [-0.1, -0.05) is 19.9 Å². The molecule has 2 aliphatic rings. The Morgan fingerprint density at radius 2 is 1.84 bits per heavy atom. The highest BCUT2D eigenvalue weighted by atomic mass is 16.7. The normalized spacial score (nSPS) is 19.5. The van der Waals surface area contributed by atoms with Crippen molar-refractivity contribution in [1.29, 1.82) is 0 Å². The molecule has 2 aromatic rings. The number of piperidine rings is 1. The SMILES string of the molecule is COc1cccc2[nH]c(C(=O)N[C@@H](CC(C)C)C(=O)N[C@@H](CC3CCCNC3=O)C(=O)COC(=O)C3(C)OCCCO3)cc12. The van der Waals surface area contributed by atoms with Crippen molar-refractivity contribution in [3.8, 4) is 5.75 Å². The smallest absolute Gasteiger partial charge is 0.366 e. The molecule has 13 nitrogen and oxygen atoms in total. The minimum atomic E-state index is -1.63. The van der Waals surface area contributed by atoms with Crippen LogP contribution in [-0.4, -0.2) is 85.8 Å². The zero-order chi connectivity index (χ0) is 31.9. The Labute approximate surface area is 256 Å². The Morgan fingerprint density at radius 3 is 2.52 bits per heavy atom. The number of hydrogen-bond donors (Lipinski definition) is 4. The summed E-state index contributed by atoms with van der Waals surface area (Å²) < 4.78 is 21.5. The number of esters is 1. The van der Waals surface area contributed by atoms with Gasteiger partial charge in [-0.3, -0.25) is 19.2 Å². The molecule has 3 heterocycles. The molecule has 240 valence electrons. The largest absolute Gasteiger partial charge is 0.496 e. The lowest BCUT2D eigenvalue weighted by molar-refractivity contribution is -0.260. The van der Waals surface area contributed by atoms with Crippen LogP contribution in [0.25, 0.3) is 10.9 Å². The van der Waals surface area contributed by atoms with Crippen molar-refractivity contribution in [2.75, 3.05) is 33.5 Å². The second kappa shape index (κ2) is 14.7. The molecule has 4 rings (SSSR count). The van der Waals surface area contributed by atoms with Gasteiger partial charge in [-0.05, 0) is 56.2 Å². The van der Waals surface area contributed by atoms with E-state index in [9.17, 15) is 24.0 Å². The van der Waals surface area contributed by atoms with Crippen LogP contribution >= 0.6 is 0 Å². The number of aromatic amines is 1. The number of ketones is 1. The monoisotopic (exact) mass is 614 g/mol. The molecule has 2 saturated heterocycles. The summed E-state index contributed by atoms with van der Waals surface area (Å²) in [5.41, 5.74) is 0.938. The van der Waals surface area contributed by atoms with Crippen LogP contribution < -0.4 is 20.7 Å². The van der Waals surface area contributed by atoms with Crippen LogP contribution in [0.4, 0.5) is 0 Å². The summed E-state index contributed by atoms with van der Waals surface area (Å²) in [6, 6.07) is 4.90. The third-order valence-electron chi connectivity index (χ3n) is 7.80. The molecule has 1 aromatic heterocycles. The first-order valence-corrected chi connectivity index (χ1v) is 15.0. The maximum atomic E-state index is 13.6. The second-order valence-electron chi connectivity index (χ2n) is 11.7. The number of aromatic nitrogens is 1. The van der Waals surface area contributed by atoms with Gasteiger partial charge >= 0.3 is 5.97 Å². The lowest BCUT2D eigenvalue weighted by Gasteiger charge is -2.31. The molecule has 44 heavy (non-hydrogen) atoms. The van der Waals surface area contributed by atoms with Crippen molar-refractivity contribution < 1.29 is 42.9 Å². The molecule has 4 N–H and O–H groups in total. The number of hydrogen-bond acceptors (Lipinski definition) is 9. The first kappa shape index (κ1) is 32.9. The maximum Gasteiger partial charge on any atom is 0.366 e. The van der Waals surface area contributed by atoms with E-state index in [0.717, 1.165) is 6.42 Å². The van der Waals surface area contributed by atoms with E-state index in [1.165, 1.54) is 14.0 Å². The highest BCUT2D eigenvalue weighted by molar-refractivity contribution is 6.02. The van der Waals surface area contributed by atoms with Gasteiger partial charge in [-0.2, -0.15) is 0 Å². The number of carbonyl (C=O) groups excluding carboxylic acids is 5. The molecule has 0 radical (unpaired) electrons. The number of amides is 3. The van der Waals surface area contributed by atoms with E-state index in [4.69, 9.17) is 18.9 Å². The first-order chi connectivity index (χ1) is 21.0. The fourth-order valence-electron chi connectivity index (χ4n) is 5.38. The van der Waals surface area contributed by atoms with E-state index in [-0.39, 0.29) is 30.4 Å². The highest BCUT2D eigenvalue weighted by Gasteiger charge is 2.40. The van der Waals surface area contributed by atoms with Crippen LogP contribution in [0.15, 0.2) is 24.3 Å². The lowest BCUT2D eigenvalue weighted by Crippen LogP contribution is -2.54. The van der Waals surface area contributed by atoms with E-state index in [2.05, 4.69) is 20.9 Å². The van der Waals surface area contributed by atoms with Crippen molar-refractivity contribution in [3.63, 3.8) is 0 Å². The fourth-order valence-corrected chi connectivity index (χ4v) is 5.38. The third-order valence-corrected chi connectivity index (χ3v) is 7.80. The Morgan fingerprint density at radius 1 is 1.09 bits per heavy atom. The molecule has 0 bridgehead atoms. The molecule has 2 fully saturated rings. The van der Waals surface area contributed by atoms with Gasteiger partial charge in [-0.15, -0.1) is 0 Å². The Kier molecular flexibility index (Phi) is 11.0. The number of ether oxygens (including phenoxy) is 4. The maximum absolute atomic E-state index is 13.6. The van der Waals surface area contributed by atoms with Crippen LogP contribution in [0.3, 0.4) is 0 Å². The van der Waals surface area contributed by atoms with E-state index in [1.807, 2.05) is 19.9 Å². The number of nitrogens with one attached hydrogen (secondary N) is 4. The van der Waals surface area contributed by atoms with Gasteiger partial charge in [0.05, 0.1) is 26.4 Å². The van der Waals surface area contributed by atoms with Crippen LogP contribution in [-0.2, 0) is 33.4 Å². The van der Waals surface area contributed by atoms with Crippen molar-refractivity contribution in [1.82, 2.24) is 20.9 Å². The van der Waals surface area contributed by atoms with Crippen molar-refractivity contribution in [2.45, 2.75) is 70.7 Å². The van der Waals surface area contributed by atoms with Gasteiger partial charge in [0.1, 0.15) is 17.5 Å². The number of benzene rings is 1. The summed E-state index contributed by atoms with van der Waals surface area (Å²) in [7, 11) is 1.54. The van der Waals surface area contributed by atoms with E-state index >= 15 is 0 Å². The summed E-state index contributed by atoms with van der Waals surface area (Å²) in [4.78, 5) is 68.6. The summed E-state index contributed by atoms with van der Waals surface area (Å²) in [6.07, 6.45) is 2.20. The standard InChI is InChI=1S/C31H42N4O9/c1-18(2)14-23(35-29(39)24-16-20-21(33-24)9-5-10-26(20)41-4)28(38)34-22(15-19-8-6-11-32-27(19)37)25(36)17-42-30(40)31(3)43-12-7-13-44-31/h5,9-10,16,18-19,22-23,33H,6-8,11-15,17H2,1-4H3,(H,32,37)(H,34,38)(H,35,39)/t19?,22-,23-/m0/s1. The fraction of sp³-hybridized carbons (Fsp3) is 0.581. The molecule has 2 aliphatic heterocycles. The zero-order valence-electron chi connectivity index (χ0n) is 25.7. The summed E-state index contributed by atoms with van der Waals surface area (Å²) in [5.74, 6) is -4.29. The van der Waals surface area contributed by atoms with Gasteiger partial charge < -0.3 is 39.9 Å². The molecule has 3 atom stereocenters. The first-order valence-electron chi connectivity index (χ1n) is 15.0. The quantitative estimate of drug-likeness (QED) is 0.246. The van der Waals surface area contributed by atoms with Gasteiger partial charge in [0.15, 0.2) is 12.4 Å². The summed E-state index contributed by atoms with van der Waals surface area (Å²) >= 11 is 0. The van der Waals surface area contributed by atoms with Gasteiger partial charge in [-0.25, -0.2) is 4.79 Å². The van der Waals surface area contributed by atoms with Crippen LogP contribution in [0.2, 0.25) is 0 Å². The van der Waals surface area contributed by atoms with E-state index in [0.29, 0.717) is 49.3 Å². The molecule has 1 aromatic carbocycles. The summed E-state index contributed by atoms with van der Waals surface area (Å²) in [5, 5.41) is 9.03. The minimum Gasteiger partial charge on any atom is -0.496 e. The molecule has 0 spiro atoms. The average molecular weight is 615 g/mol. The predicted octanol–water partition coefficient (Wildman–Crippen LogP) is 1.99. The highest BCUT2D eigenvalue weighted by Crippen LogP contribution is 2.26. The van der Waals surface area contributed by atoms with E-state index in [1.54, 1.807) is 18.2 Å². The Balaban J connectivity index is 1.48. The minimum absolute atomic E-state index is 0.0163. The zero-order valence-corrected chi connectivity index (χ0v) is 25.7. The molecule has 0 saturated carbocycles. The number of carbonyl (C=O) groups is 5. The topological polar surface area (TPSA) is 174 Å². The molecule has 1 unspecified atom stereocenters. The number of rotatable bonds is 13. The summed E-state index contributed by atoms with van der Waals surface area (Å²) in [6.45, 7) is 5.74. The van der Waals surface area contributed by atoms with E-state index < -0.39 is 54.0 Å².